The molecule has 1 amide bonds. The van der Waals surface area contributed by atoms with Gasteiger partial charge >= 0.3 is 0 Å². The van der Waals surface area contributed by atoms with Crippen molar-refractivity contribution in [2.45, 2.75) is 27.3 Å². The molecule has 33 heavy (non-hydrogen) atoms. The highest BCUT2D eigenvalue weighted by molar-refractivity contribution is 7.17. The Morgan fingerprint density at radius 1 is 0.939 bits per heavy atom. The van der Waals surface area contributed by atoms with Gasteiger partial charge in [0.05, 0.1) is 33.6 Å². The Morgan fingerprint density at radius 2 is 1.61 bits per heavy atom. The lowest BCUT2D eigenvalue weighted by Gasteiger charge is -2.21. The number of carbonyl (C=O) groups excluding carboxylic acids is 1. The molecule has 2 aromatic carbocycles. The summed E-state index contributed by atoms with van der Waals surface area (Å²) in [5.74, 6) is 2.56. The molecule has 0 saturated heterocycles. The number of aryl methyl sites for hydroxylation is 1. The number of aromatic nitrogens is 1. The largest absolute Gasteiger partial charge is 0.493 e. The molecular weight excluding hydrogens is 440 g/mol. The molecular formula is C25H30N2O5S. The lowest BCUT2D eigenvalue weighted by atomic mass is 10.1. The number of nitrogens with zero attached hydrogens (tertiary/aromatic N) is 2. The van der Waals surface area contributed by atoms with Gasteiger partial charge in [0.1, 0.15) is 9.88 Å². The van der Waals surface area contributed by atoms with Gasteiger partial charge in [0, 0.05) is 18.7 Å². The van der Waals surface area contributed by atoms with Gasteiger partial charge in [-0.2, -0.15) is 0 Å². The maximum absolute atomic E-state index is 13.4. The van der Waals surface area contributed by atoms with E-state index in [0.29, 0.717) is 53.3 Å². The van der Waals surface area contributed by atoms with Crippen molar-refractivity contribution < 1.29 is 23.7 Å². The van der Waals surface area contributed by atoms with E-state index in [-0.39, 0.29) is 5.91 Å². The van der Waals surface area contributed by atoms with Crippen LogP contribution in [0.4, 0.5) is 0 Å². The summed E-state index contributed by atoms with van der Waals surface area (Å²) in [6, 6.07) is 11.4. The molecule has 0 aliphatic rings. The van der Waals surface area contributed by atoms with Gasteiger partial charge in [-0.05, 0) is 56.7 Å². The molecule has 0 radical (unpaired) electrons. The highest BCUT2D eigenvalue weighted by atomic mass is 32.1. The average molecular weight is 471 g/mol. The summed E-state index contributed by atoms with van der Waals surface area (Å²) in [5.41, 5.74) is 2.55. The second-order valence-corrected chi connectivity index (χ2v) is 8.24. The maximum atomic E-state index is 13.4. The first kappa shape index (κ1) is 24.4. The molecule has 0 N–H and O–H groups in total. The summed E-state index contributed by atoms with van der Waals surface area (Å²) < 4.78 is 21.8. The number of rotatable bonds is 10. The van der Waals surface area contributed by atoms with Crippen LogP contribution < -0.4 is 18.9 Å². The molecule has 0 aliphatic heterocycles. The summed E-state index contributed by atoms with van der Waals surface area (Å²) in [6.07, 6.45) is 0. The molecule has 0 bridgehead atoms. The van der Waals surface area contributed by atoms with E-state index in [4.69, 9.17) is 18.9 Å². The van der Waals surface area contributed by atoms with Crippen LogP contribution >= 0.6 is 11.3 Å². The first-order valence-corrected chi connectivity index (χ1v) is 11.6. The topological polar surface area (TPSA) is 70.1 Å². The van der Waals surface area contributed by atoms with Crippen LogP contribution in [0.2, 0.25) is 0 Å². The second-order valence-electron chi connectivity index (χ2n) is 7.24. The fourth-order valence-electron chi connectivity index (χ4n) is 3.46. The van der Waals surface area contributed by atoms with Crippen molar-refractivity contribution in [3.8, 4) is 33.6 Å². The van der Waals surface area contributed by atoms with Crippen molar-refractivity contribution in [3.63, 3.8) is 0 Å². The van der Waals surface area contributed by atoms with E-state index in [9.17, 15) is 4.79 Å². The van der Waals surface area contributed by atoms with Gasteiger partial charge in [-0.3, -0.25) is 4.79 Å². The zero-order chi connectivity index (χ0) is 24.0. The Labute approximate surface area is 198 Å². The van der Waals surface area contributed by atoms with Gasteiger partial charge in [-0.25, -0.2) is 4.98 Å². The highest BCUT2D eigenvalue weighted by Crippen LogP contribution is 2.35. The molecule has 1 aromatic heterocycles. The molecule has 176 valence electrons. The minimum atomic E-state index is -0.0490. The summed E-state index contributed by atoms with van der Waals surface area (Å²) in [5, 5.41) is 0.760. The molecule has 0 spiro atoms. The predicted molar refractivity (Wildman–Crippen MR) is 130 cm³/mol. The molecule has 0 saturated carbocycles. The van der Waals surface area contributed by atoms with E-state index in [2.05, 4.69) is 4.98 Å². The van der Waals surface area contributed by atoms with Crippen LogP contribution in [0, 0.1) is 6.92 Å². The van der Waals surface area contributed by atoms with E-state index in [1.807, 2.05) is 57.2 Å². The third kappa shape index (κ3) is 5.39. The Bertz CT molecular complexity index is 1110. The van der Waals surface area contributed by atoms with Crippen molar-refractivity contribution in [3.05, 3.63) is 52.5 Å². The molecule has 3 rings (SSSR count). The van der Waals surface area contributed by atoms with Gasteiger partial charge in [0.25, 0.3) is 5.91 Å². The zero-order valence-corrected chi connectivity index (χ0v) is 20.7. The molecule has 1 heterocycles. The number of amides is 1. The monoisotopic (exact) mass is 470 g/mol. The highest BCUT2D eigenvalue weighted by Gasteiger charge is 2.22. The number of methoxy groups -OCH3 is 3. The predicted octanol–water partition coefficient (Wildman–Crippen LogP) is 5.21. The number of ether oxygens (including phenoxy) is 4. The molecule has 0 fully saturated rings. The van der Waals surface area contributed by atoms with Gasteiger partial charge in [0.15, 0.2) is 23.0 Å². The summed E-state index contributed by atoms with van der Waals surface area (Å²) in [4.78, 5) is 20.5. The number of carbonyl (C=O) groups is 1. The molecule has 0 unspecified atom stereocenters. The standard InChI is InChI=1S/C25H30N2O5S/c1-7-27(15-17-9-11-20(32-8-2)21(13-17)30-5)25(28)23-16(3)26-24(33-23)18-10-12-19(29-4)22(14-18)31-6/h9-14H,7-8,15H2,1-6H3. The molecule has 7 nitrogen and oxygen atoms in total. The van der Waals surface area contributed by atoms with E-state index in [1.165, 1.54) is 11.3 Å². The van der Waals surface area contributed by atoms with Crippen LogP contribution in [0.5, 0.6) is 23.0 Å². The van der Waals surface area contributed by atoms with Crippen molar-refractivity contribution >= 4 is 17.2 Å². The summed E-state index contributed by atoms with van der Waals surface area (Å²) in [7, 11) is 4.81. The smallest absolute Gasteiger partial charge is 0.266 e. The van der Waals surface area contributed by atoms with Crippen LogP contribution in [-0.2, 0) is 6.54 Å². The lowest BCUT2D eigenvalue weighted by molar-refractivity contribution is 0.0756. The Hall–Kier alpha value is -3.26. The van der Waals surface area contributed by atoms with Crippen LogP contribution in [-0.4, -0.2) is 50.3 Å². The zero-order valence-electron chi connectivity index (χ0n) is 19.9. The third-order valence-corrected chi connectivity index (χ3v) is 6.39. The van der Waals surface area contributed by atoms with Crippen LogP contribution in [0.1, 0.15) is 34.8 Å². The third-order valence-electron chi connectivity index (χ3n) is 5.19. The van der Waals surface area contributed by atoms with Gasteiger partial charge in [-0.1, -0.05) is 6.07 Å². The Balaban J connectivity index is 1.85. The average Bonchev–Trinajstić information content (AvgIpc) is 3.23. The van der Waals surface area contributed by atoms with E-state index in [1.54, 1.807) is 26.2 Å². The van der Waals surface area contributed by atoms with Gasteiger partial charge in [0.2, 0.25) is 0 Å². The Kier molecular flexibility index (Phi) is 8.16. The van der Waals surface area contributed by atoms with Gasteiger partial charge < -0.3 is 23.8 Å². The maximum Gasteiger partial charge on any atom is 0.266 e. The van der Waals surface area contributed by atoms with E-state index >= 15 is 0 Å². The van der Waals surface area contributed by atoms with Crippen molar-refractivity contribution in [2.75, 3.05) is 34.5 Å². The number of benzene rings is 2. The molecule has 0 atom stereocenters. The molecule has 8 heteroatoms. The summed E-state index contributed by atoms with van der Waals surface area (Å²) in [6.45, 7) is 7.34. The number of hydrogen-bond donors (Lipinski definition) is 0. The normalized spacial score (nSPS) is 10.6. The van der Waals surface area contributed by atoms with Crippen LogP contribution in [0.25, 0.3) is 10.6 Å². The number of hydrogen-bond acceptors (Lipinski definition) is 7. The van der Waals surface area contributed by atoms with E-state index in [0.717, 1.165) is 16.1 Å². The van der Waals surface area contributed by atoms with Crippen molar-refractivity contribution in [2.24, 2.45) is 0 Å². The summed E-state index contributed by atoms with van der Waals surface area (Å²) >= 11 is 1.38. The minimum Gasteiger partial charge on any atom is -0.493 e. The quantitative estimate of drug-likeness (QED) is 0.405. The minimum absolute atomic E-state index is 0.0490. The van der Waals surface area contributed by atoms with Crippen LogP contribution in [0.3, 0.4) is 0 Å². The SMILES string of the molecule is CCOc1ccc(CN(CC)C(=O)c2sc(-c3ccc(OC)c(OC)c3)nc2C)cc1OC. The first-order valence-electron chi connectivity index (χ1n) is 10.7. The Morgan fingerprint density at radius 3 is 2.24 bits per heavy atom. The molecule has 0 aliphatic carbocycles. The van der Waals surface area contributed by atoms with E-state index < -0.39 is 0 Å². The lowest BCUT2D eigenvalue weighted by Crippen LogP contribution is -2.30. The fraction of sp³-hybridized carbons (Fsp3) is 0.360. The number of thiazole rings is 1. The van der Waals surface area contributed by atoms with Crippen molar-refractivity contribution in [1.82, 2.24) is 9.88 Å². The first-order chi connectivity index (χ1) is 15.9. The fourth-order valence-corrected chi connectivity index (χ4v) is 4.49. The molecule has 3 aromatic rings. The van der Waals surface area contributed by atoms with Crippen LogP contribution in [0.15, 0.2) is 36.4 Å². The second kappa shape index (κ2) is 11.0. The van der Waals surface area contributed by atoms with Gasteiger partial charge in [-0.15, -0.1) is 11.3 Å². The van der Waals surface area contributed by atoms with Crippen molar-refractivity contribution in [1.29, 1.82) is 0 Å².